The van der Waals surface area contributed by atoms with Gasteiger partial charge in [-0.05, 0) is 13.3 Å². The summed E-state index contributed by atoms with van der Waals surface area (Å²) in [7, 11) is 0. The molecule has 0 spiro atoms. The smallest absolute Gasteiger partial charge is 0.238 e. The number of hydrogen-bond acceptors (Lipinski definition) is 3. The Bertz CT molecular complexity index is 215. The van der Waals surface area contributed by atoms with Crippen molar-refractivity contribution in [3.63, 3.8) is 0 Å². The highest BCUT2D eigenvalue weighted by molar-refractivity contribution is 5.82. The maximum Gasteiger partial charge on any atom is 0.238 e. The predicted octanol–water partition coefficient (Wildman–Crippen LogP) is 1.02. The van der Waals surface area contributed by atoms with Crippen molar-refractivity contribution < 1.29 is 4.79 Å². The molecule has 4 nitrogen and oxygen atoms in total. The summed E-state index contributed by atoms with van der Waals surface area (Å²) in [6, 6.07) is 0.241. The van der Waals surface area contributed by atoms with Gasteiger partial charge in [-0.25, -0.2) is 0 Å². The molecule has 1 saturated heterocycles. The second-order valence-corrected chi connectivity index (χ2v) is 4.97. The zero-order valence-corrected chi connectivity index (χ0v) is 11.2. The van der Waals surface area contributed by atoms with Gasteiger partial charge in [-0.3, -0.25) is 4.79 Å². The summed E-state index contributed by atoms with van der Waals surface area (Å²) < 4.78 is 0. The Kier molecular flexibility index (Phi) is 7.21. The zero-order valence-electron chi connectivity index (χ0n) is 11.2. The van der Waals surface area contributed by atoms with Crippen LogP contribution in [0, 0.1) is 0 Å². The number of nitrogens with one attached hydrogen (secondary N) is 3. The summed E-state index contributed by atoms with van der Waals surface area (Å²) in [6.07, 6.45) is 6.14. The van der Waals surface area contributed by atoms with Crippen molar-refractivity contribution >= 4 is 5.91 Å². The molecular weight excluding hydrogens is 214 g/mol. The molecule has 1 aliphatic rings. The predicted molar refractivity (Wildman–Crippen MR) is 71.0 cm³/mol. The van der Waals surface area contributed by atoms with Crippen LogP contribution in [0.4, 0.5) is 0 Å². The fraction of sp³-hybridized carbons (Fsp3) is 0.923. The van der Waals surface area contributed by atoms with Gasteiger partial charge in [0, 0.05) is 25.7 Å². The van der Waals surface area contributed by atoms with Crippen molar-refractivity contribution in [3.05, 3.63) is 0 Å². The van der Waals surface area contributed by atoms with Gasteiger partial charge in [-0.2, -0.15) is 0 Å². The van der Waals surface area contributed by atoms with E-state index in [1.165, 1.54) is 25.7 Å². The number of hydrogen-bond donors (Lipinski definition) is 3. The van der Waals surface area contributed by atoms with Crippen molar-refractivity contribution in [1.29, 1.82) is 0 Å². The number of piperazine rings is 1. The van der Waals surface area contributed by atoms with E-state index in [-0.39, 0.29) is 11.9 Å². The van der Waals surface area contributed by atoms with Crippen molar-refractivity contribution in [2.24, 2.45) is 0 Å². The normalized spacial score (nSPS) is 22.1. The largest absolute Gasteiger partial charge is 0.352 e. The third kappa shape index (κ3) is 6.03. The lowest BCUT2D eigenvalue weighted by Crippen LogP contribution is -2.56. The van der Waals surface area contributed by atoms with Gasteiger partial charge in [0.2, 0.25) is 5.91 Å². The highest BCUT2D eigenvalue weighted by Crippen LogP contribution is 2.05. The molecular formula is C13H27N3O. The van der Waals surface area contributed by atoms with E-state index in [9.17, 15) is 4.79 Å². The van der Waals surface area contributed by atoms with E-state index < -0.39 is 0 Å². The Hall–Kier alpha value is -0.610. The minimum Gasteiger partial charge on any atom is -0.352 e. The molecule has 0 aromatic rings. The Labute approximate surface area is 105 Å². The maximum atomic E-state index is 11.9. The quantitative estimate of drug-likeness (QED) is 0.583. The minimum absolute atomic E-state index is 0.0539. The van der Waals surface area contributed by atoms with Crippen molar-refractivity contribution in [3.8, 4) is 0 Å². The third-order valence-electron chi connectivity index (χ3n) is 3.24. The molecule has 2 atom stereocenters. The standard InChI is InChI=1S/C13H27N3O/c1-3-4-5-6-7-11(2)16-13(17)12-10-14-8-9-15-12/h11-12,14-15H,3-10H2,1-2H3,(H,16,17). The van der Waals surface area contributed by atoms with Crippen LogP contribution in [-0.2, 0) is 4.79 Å². The molecule has 100 valence electrons. The molecule has 1 heterocycles. The summed E-state index contributed by atoms with van der Waals surface area (Å²) in [5, 5.41) is 9.54. The first kappa shape index (κ1) is 14.5. The third-order valence-corrected chi connectivity index (χ3v) is 3.24. The maximum absolute atomic E-state index is 11.9. The van der Waals surface area contributed by atoms with Crippen LogP contribution < -0.4 is 16.0 Å². The van der Waals surface area contributed by atoms with E-state index in [0.717, 1.165) is 26.1 Å². The minimum atomic E-state index is -0.0539. The second kappa shape index (κ2) is 8.48. The van der Waals surface area contributed by atoms with Gasteiger partial charge in [0.1, 0.15) is 0 Å². The summed E-state index contributed by atoms with van der Waals surface area (Å²) in [5.41, 5.74) is 0. The van der Waals surface area contributed by atoms with Crippen LogP contribution in [0.25, 0.3) is 0 Å². The van der Waals surface area contributed by atoms with Gasteiger partial charge < -0.3 is 16.0 Å². The lowest BCUT2D eigenvalue weighted by atomic mass is 10.1. The van der Waals surface area contributed by atoms with E-state index in [1.807, 2.05) is 0 Å². The molecule has 0 aromatic heterocycles. The number of amides is 1. The molecule has 0 bridgehead atoms. The van der Waals surface area contributed by atoms with Gasteiger partial charge in [0.15, 0.2) is 0 Å². The van der Waals surface area contributed by atoms with Crippen LogP contribution >= 0.6 is 0 Å². The molecule has 0 aromatic carbocycles. The van der Waals surface area contributed by atoms with Crippen LogP contribution in [0.1, 0.15) is 46.0 Å². The van der Waals surface area contributed by atoms with Gasteiger partial charge in [-0.15, -0.1) is 0 Å². The van der Waals surface area contributed by atoms with Crippen LogP contribution in [0.15, 0.2) is 0 Å². The first-order valence-electron chi connectivity index (χ1n) is 6.98. The first-order chi connectivity index (χ1) is 8.24. The Morgan fingerprint density at radius 3 is 2.82 bits per heavy atom. The van der Waals surface area contributed by atoms with Crippen LogP contribution in [0.2, 0.25) is 0 Å². The van der Waals surface area contributed by atoms with Crippen molar-refractivity contribution in [1.82, 2.24) is 16.0 Å². The molecule has 17 heavy (non-hydrogen) atoms. The monoisotopic (exact) mass is 241 g/mol. The molecule has 1 amide bonds. The van der Waals surface area contributed by atoms with Crippen molar-refractivity contribution in [2.75, 3.05) is 19.6 Å². The number of carbonyl (C=O) groups is 1. The fourth-order valence-corrected chi connectivity index (χ4v) is 2.13. The molecule has 4 heteroatoms. The van der Waals surface area contributed by atoms with E-state index in [4.69, 9.17) is 0 Å². The molecule has 1 fully saturated rings. The summed E-state index contributed by atoms with van der Waals surface area (Å²) >= 11 is 0. The number of unbranched alkanes of at least 4 members (excludes halogenated alkanes) is 3. The Morgan fingerprint density at radius 2 is 2.18 bits per heavy atom. The average molecular weight is 241 g/mol. The van der Waals surface area contributed by atoms with Crippen LogP contribution in [0.5, 0.6) is 0 Å². The highest BCUT2D eigenvalue weighted by atomic mass is 16.2. The second-order valence-electron chi connectivity index (χ2n) is 4.97. The SMILES string of the molecule is CCCCCCC(C)NC(=O)C1CNCCN1. The molecule has 2 unspecified atom stereocenters. The average Bonchev–Trinajstić information content (AvgIpc) is 2.36. The molecule has 0 aliphatic carbocycles. The lowest BCUT2D eigenvalue weighted by Gasteiger charge is -2.25. The van der Waals surface area contributed by atoms with E-state index in [2.05, 4.69) is 29.8 Å². The van der Waals surface area contributed by atoms with Gasteiger partial charge >= 0.3 is 0 Å². The molecule has 0 radical (unpaired) electrons. The van der Waals surface area contributed by atoms with Gasteiger partial charge in [0.05, 0.1) is 6.04 Å². The fourth-order valence-electron chi connectivity index (χ4n) is 2.13. The summed E-state index contributed by atoms with van der Waals surface area (Å²) in [6.45, 7) is 6.89. The molecule has 3 N–H and O–H groups in total. The molecule has 1 aliphatic heterocycles. The topological polar surface area (TPSA) is 53.2 Å². The lowest BCUT2D eigenvalue weighted by molar-refractivity contribution is -0.124. The Balaban J connectivity index is 2.11. The van der Waals surface area contributed by atoms with E-state index in [0.29, 0.717) is 6.04 Å². The van der Waals surface area contributed by atoms with Gasteiger partial charge in [0.25, 0.3) is 0 Å². The Morgan fingerprint density at radius 1 is 1.35 bits per heavy atom. The summed E-state index contributed by atoms with van der Waals surface area (Å²) in [5.74, 6) is 0.139. The molecule has 1 rings (SSSR count). The summed E-state index contributed by atoms with van der Waals surface area (Å²) in [4.78, 5) is 11.9. The van der Waals surface area contributed by atoms with E-state index in [1.54, 1.807) is 0 Å². The van der Waals surface area contributed by atoms with Crippen LogP contribution in [-0.4, -0.2) is 37.6 Å². The zero-order chi connectivity index (χ0) is 12.5. The first-order valence-corrected chi connectivity index (χ1v) is 6.98. The molecule has 0 saturated carbocycles. The van der Waals surface area contributed by atoms with Crippen molar-refractivity contribution in [2.45, 2.75) is 58.0 Å². The highest BCUT2D eigenvalue weighted by Gasteiger charge is 2.20. The van der Waals surface area contributed by atoms with Gasteiger partial charge in [-0.1, -0.05) is 32.6 Å². The number of carbonyl (C=O) groups excluding carboxylic acids is 1. The van der Waals surface area contributed by atoms with Crippen LogP contribution in [0.3, 0.4) is 0 Å². The van der Waals surface area contributed by atoms with E-state index >= 15 is 0 Å². The number of rotatable bonds is 7.